The van der Waals surface area contributed by atoms with Crippen molar-refractivity contribution in [3.8, 4) is 0 Å². The summed E-state index contributed by atoms with van der Waals surface area (Å²) in [5, 5.41) is 10.9. The third kappa shape index (κ3) is 2.77. The average molecular weight is 427 g/mol. The summed E-state index contributed by atoms with van der Waals surface area (Å²) < 4.78 is 0. The molecule has 0 amide bonds. The number of hydrogen-bond donors (Lipinski definition) is 1. The molecule has 0 aromatic heterocycles. The predicted molar refractivity (Wildman–Crippen MR) is 131 cm³/mol. The summed E-state index contributed by atoms with van der Waals surface area (Å²) in [4.78, 5) is 0. The lowest BCUT2D eigenvalue weighted by Crippen LogP contribution is -2.61. The van der Waals surface area contributed by atoms with Gasteiger partial charge in [-0.05, 0) is 115 Å². The van der Waals surface area contributed by atoms with E-state index in [-0.39, 0.29) is 11.5 Å². The highest BCUT2D eigenvalue weighted by atomic mass is 16.3. The van der Waals surface area contributed by atoms with Crippen molar-refractivity contribution in [3.63, 3.8) is 0 Å². The van der Waals surface area contributed by atoms with E-state index >= 15 is 0 Å². The average Bonchev–Trinajstić information content (AvgIpc) is 2.68. The molecular formula is C30H50O. The summed E-state index contributed by atoms with van der Waals surface area (Å²) in [7, 11) is 0. The number of aliphatic hydroxyl groups is 1. The molecule has 0 aromatic carbocycles. The highest BCUT2D eigenvalue weighted by Gasteiger charge is 2.65. The Morgan fingerprint density at radius 2 is 1.35 bits per heavy atom. The summed E-state index contributed by atoms with van der Waals surface area (Å²) in [6, 6.07) is 0. The molecule has 0 bridgehead atoms. The largest absolute Gasteiger partial charge is 0.393 e. The van der Waals surface area contributed by atoms with Crippen LogP contribution in [0.5, 0.6) is 0 Å². The van der Waals surface area contributed by atoms with Gasteiger partial charge in [0, 0.05) is 0 Å². The lowest BCUT2D eigenvalue weighted by Gasteiger charge is -2.69. The van der Waals surface area contributed by atoms with E-state index in [2.05, 4.69) is 55.4 Å². The van der Waals surface area contributed by atoms with Crippen LogP contribution in [-0.2, 0) is 0 Å². The van der Waals surface area contributed by atoms with Gasteiger partial charge in [0.1, 0.15) is 0 Å². The van der Waals surface area contributed by atoms with Gasteiger partial charge in [-0.1, -0.05) is 66.5 Å². The molecule has 1 heteroatoms. The standard InChI is InChI=1S/C30H50O/c1-25(2)15-16-27(5)17-18-29(7)21-9-10-22-26(3,4)24(31)12-13-28(22,6)20(21)11-14-30(29,8)23(27)19-25/h22-24,31H,9-19H2,1-8H3/t22-,23+,24-,27-,28-,29-,30+/m1/s1. The van der Waals surface area contributed by atoms with Crippen LogP contribution < -0.4 is 0 Å². The summed E-state index contributed by atoms with van der Waals surface area (Å²) in [5.74, 6) is 1.50. The van der Waals surface area contributed by atoms with E-state index in [0.29, 0.717) is 33.0 Å². The van der Waals surface area contributed by atoms with Crippen molar-refractivity contribution < 1.29 is 5.11 Å². The van der Waals surface area contributed by atoms with Crippen LogP contribution >= 0.6 is 0 Å². The van der Waals surface area contributed by atoms with Crippen molar-refractivity contribution in [3.05, 3.63) is 11.1 Å². The van der Waals surface area contributed by atoms with Crippen LogP contribution in [0.2, 0.25) is 0 Å². The SMILES string of the molecule is CC1(C)CC[C@]2(C)CC[C@]3(C)C4=C(CC[C@@]3(C)[C@H]2C1)[C@@]1(C)CC[C@@H](O)C(C)(C)[C@H]1CC4. The summed E-state index contributed by atoms with van der Waals surface area (Å²) in [5.41, 5.74) is 6.02. The summed E-state index contributed by atoms with van der Waals surface area (Å²) in [6.45, 7) is 20.5. The second-order valence-corrected chi connectivity index (χ2v) is 15.2. The van der Waals surface area contributed by atoms with Gasteiger partial charge in [0.05, 0.1) is 6.10 Å². The first-order valence-corrected chi connectivity index (χ1v) is 13.6. The van der Waals surface area contributed by atoms with E-state index in [0.717, 1.165) is 12.3 Å². The first-order chi connectivity index (χ1) is 14.2. The normalized spacial score (nSPS) is 53.1. The zero-order valence-corrected chi connectivity index (χ0v) is 22.0. The van der Waals surface area contributed by atoms with Gasteiger partial charge in [0.15, 0.2) is 0 Å². The molecule has 0 unspecified atom stereocenters. The Balaban J connectivity index is 1.59. The summed E-state index contributed by atoms with van der Waals surface area (Å²) >= 11 is 0. The van der Waals surface area contributed by atoms with E-state index in [1.165, 1.54) is 64.2 Å². The Bertz CT molecular complexity index is 803. The van der Waals surface area contributed by atoms with Gasteiger partial charge >= 0.3 is 0 Å². The number of hydrogen-bond acceptors (Lipinski definition) is 1. The minimum absolute atomic E-state index is 0.0473. The number of aliphatic hydroxyl groups excluding tert-OH is 1. The fraction of sp³-hybridized carbons (Fsp3) is 0.933. The number of fused-ring (bicyclic) bond motifs is 6. The minimum Gasteiger partial charge on any atom is -0.393 e. The van der Waals surface area contributed by atoms with Gasteiger partial charge in [0.25, 0.3) is 0 Å². The van der Waals surface area contributed by atoms with Crippen LogP contribution in [0.4, 0.5) is 0 Å². The van der Waals surface area contributed by atoms with Crippen molar-refractivity contribution in [2.45, 2.75) is 132 Å². The Morgan fingerprint density at radius 1 is 0.677 bits per heavy atom. The van der Waals surface area contributed by atoms with E-state index < -0.39 is 0 Å². The summed E-state index contributed by atoms with van der Waals surface area (Å²) in [6.07, 6.45) is 14.5. The van der Waals surface area contributed by atoms with Crippen molar-refractivity contribution in [1.29, 1.82) is 0 Å². The lowest BCUT2D eigenvalue weighted by atomic mass is 9.35. The lowest BCUT2D eigenvalue weighted by molar-refractivity contribution is -0.154. The monoisotopic (exact) mass is 426 g/mol. The maximum Gasteiger partial charge on any atom is 0.0594 e. The molecule has 5 aliphatic carbocycles. The molecule has 176 valence electrons. The molecule has 1 N–H and O–H groups in total. The van der Waals surface area contributed by atoms with Crippen LogP contribution in [0.25, 0.3) is 0 Å². The van der Waals surface area contributed by atoms with Crippen LogP contribution in [0.15, 0.2) is 11.1 Å². The molecule has 0 spiro atoms. The molecule has 0 aromatic rings. The maximum absolute atomic E-state index is 10.9. The number of allylic oxidation sites excluding steroid dienone is 2. The Kier molecular flexibility index (Phi) is 4.66. The molecule has 0 heterocycles. The molecule has 5 rings (SSSR count). The van der Waals surface area contributed by atoms with E-state index in [4.69, 9.17) is 0 Å². The molecule has 0 aliphatic heterocycles. The van der Waals surface area contributed by atoms with Crippen LogP contribution in [-0.4, -0.2) is 11.2 Å². The Labute approximate surface area is 192 Å². The first-order valence-electron chi connectivity index (χ1n) is 13.6. The highest BCUT2D eigenvalue weighted by molar-refractivity contribution is 5.38. The molecule has 7 atom stereocenters. The molecule has 1 nitrogen and oxygen atoms in total. The second kappa shape index (κ2) is 6.43. The molecule has 3 fully saturated rings. The van der Waals surface area contributed by atoms with Gasteiger partial charge in [-0.2, -0.15) is 0 Å². The van der Waals surface area contributed by atoms with Gasteiger partial charge in [0.2, 0.25) is 0 Å². The number of rotatable bonds is 0. The third-order valence-corrected chi connectivity index (χ3v) is 13.0. The van der Waals surface area contributed by atoms with Gasteiger partial charge in [-0.3, -0.25) is 0 Å². The highest BCUT2D eigenvalue weighted by Crippen LogP contribution is 2.75. The van der Waals surface area contributed by atoms with Crippen molar-refractivity contribution in [2.75, 3.05) is 0 Å². The van der Waals surface area contributed by atoms with Gasteiger partial charge in [-0.25, -0.2) is 0 Å². The molecule has 0 saturated heterocycles. The van der Waals surface area contributed by atoms with E-state index in [1.807, 2.05) is 11.1 Å². The molecule has 0 radical (unpaired) electrons. The van der Waals surface area contributed by atoms with E-state index in [1.54, 1.807) is 0 Å². The molecule has 31 heavy (non-hydrogen) atoms. The van der Waals surface area contributed by atoms with Crippen LogP contribution in [0.1, 0.15) is 126 Å². The zero-order chi connectivity index (χ0) is 22.7. The predicted octanol–water partition coefficient (Wildman–Crippen LogP) is 8.31. The second-order valence-electron chi connectivity index (χ2n) is 15.2. The van der Waals surface area contributed by atoms with Crippen molar-refractivity contribution in [1.82, 2.24) is 0 Å². The minimum atomic E-state index is -0.128. The maximum atomic E-state index is 10.9. The van der Waals surface area contributed by atoms with Crippen LogP contribution in [0, 0.1) is 44.3 Å². The van der Waals surface area contributed by atoms with Crippen molar-refractivity contribution >= 4 is 0 Å². The Hall–Kier alpha value is -0.300. The molecule has 3 saturated carbocycles. The van der Waals surface area contributed by atoms with Gasteiger partial charge in [-0.15, -0.1) is 0 Å². The van der Waals surface area contributed by atoms with Crippen molar-refractivity contribution in [2.24, 2.45) is 44.3 Å². The van der Waals surface area contributed by atoms with Gasteiger partial charge < -0.3 is 5.11 Å². The first kappa shape index (κ1) is 22.5. The fourth-order valence-electron chi connectivity index (χ4n) is 10.4. The smallest absolute Gasteiger partial charge is 0.0594 e. The topological polar surface area (TPSA) is 20.2 Å². The quantitative estimate of drug-likeness (QED) is 0.386. The zero-order valence-electron chi connectivity index (χ0n) is 22.0. The molecule has 5 aliphatic rings. The van der Waals surface area contributed by atoms with Crippen LogP contribution in [0.3, 0.4) is 0 Å². The fourth-order valence-corrected chi connectivity index (χ4v) is 10.4. The molecular weight excluding hydrogens is 376 g/mol. The van der Waals surface area contributed by atoms with E-state index in [9.17, 15) is 5.11 Å². The third-order valence-electron chi connectivity index (χ3n) is 13.0. The Morgan fingerprint density at radius 3 is 2.06 bits per heavy atom.